The van der Waals surface area contributed by atoms with E-state index in [1.807, 2.05) is 64.1 Å². The summed E-state index contributed by atoms with van der Waals surface area (Å²) in [5, 5.41) is 5.22. The number of alkyl carbamates (subject to hydrolysis) is 1. The molecule has 0 aromatic heterocycles. The number of ether oxygens (including phenoxy) is 2. The quantitative estimate of drug-likeness (QED) is 0.329. The highest BCUT2D eigenvalue weighted by Gasteiger charge is 2.39. The second-order valence-electron chi connectivity index (χ2n) is 12.7. The molecule has 0 radical (unpaired) electrons. The van der Waals surface area contributed by atoms with Gasteiger partial charge in [-0.3, -0.25) is 24.6 Å². The van der Waals surface area contributed by atoms with Crippen molar-refractivity contribution >= 4 is 29.5 Å². The lowest BCUT2D eigenvalue weighted by atomic mass is 10.0. The van der Waals surface area contributed by atoms with E-state index in [9.17, 15) is 19.2 Å². The molecule has 11 nitrogen and oxygen atoms in total. The largest absolute Gasteiger partial charge is 0.494 e. The van der Waals surface area contributed by atoms with Gasteiger partial charge >= 0.3 is 6.09 Å². The molecule has 0 bridgehead atoms. The normalized spacial score (nSPS) is 19.8. The van der Waals surface area contributed by atoms with Crippen LogP contribution in [0.2, 0.25) is 0 Å². The summed E-state index contributed by atoms with van der Waals surface area (Å²) in [5.41, 5.74) is 3.05. The van der Waals surface area contributed by atoms with Crippen molar-refractivity contribution in [2.45, 2.75) is 71.2 Å². The average Bonchev–Trinajstić information content (AvgIpc) is 3.30. The summed E-state index contributed by atoms with van der Waals surface area (Å²) in [6.45, 7) is 13.0. The summed E-state index contributed by atoms with van der Waals surface area (Å²) < 4.78 is 11.4. The van der Waals surface area contributed by atoms with Gasteiger partial charge in [-0.05, 0) is 82.0 Å². The number of hydrogen-bond donors (Lipinski definition) is 2. The van der Waals surface area contributed by atoms with Crippen LogP contribution >= 0.6 is 0 Å². The molecule has 3 aliphatic heterocycles. The van der Waals surface area contributed by atoms with Crippen LogP contribution in [0.25, 0.3) is 0 Å². The van der Waals surface area contributed by atoms with Crippen LogP contribution in [0.1, 0.15) is 74.5 Å². The van der Waals surface area contributed by atoms with Crippen LogP contribution in [0.15, 0.2) is 42.5 Å². The van der Waals surface area contributed by atoms with Crippen molar-refractivity contribution in [3.63, 3.8) is 0 Å². The number of piperidine rings is 1. The Hall–Kier alpha value is -4.12. The lowest BCUT2D eigenvalue weighted by Gasteiger charge is -2.36. The van der Waals surface area contributed by atoms with E-state index >= 15 is 0 Å². The van der Waals surface area contributed by atoms with E-state index in [1.54, 1.807) is 4.90 Å². The van der Waals surface area contributed by atoms with Gasteiger partial charge in [0.15, 0.2) is 0 Å². The number of imide groups is 1. The Morgan fingerprint density at radius 1 is 1.07 bits per heavy atom. The molecule has 11 heteroatoms. The Bertz CT molecular complexity index is 1400. The van der Waals surface area contributed by atoms with Gasteiger partial charge in [0.05, 0.1) is 12.6 Å². The highest BCUT2D eigenvalue weighted by molar-refractivity contribution is 6.05. The van der Waals surface area contributed by atoms with Crippen LogP contribution in [-0.2, 0) is 20.9 Å². The second kappa shape index (κ2) is 13.3. The molecule has 2 aromatic carbocycles. The number of anilines is 1. The molecule has 3 heterocycles. The molecule has 236 valence electrons. The molecule has 2 atom stereocenters. The van der Waals surface area contributed by atoms with Crippen molar-refractivity contribution in [1.82, 2.24) is 20.4 Å². The standard InChI is InChI=1S/C33H43N5O6/c1-22(34-32(42)44-33(2,3)4)23-7-5-8-26(20-23)43-18-6-13-36-14-16-37(17-15-36)25-9-10-27-24(19-25)21-38(31(27)41)28-11-12-29(39)35-30(28)40/h5,7-10,19-20,22,28H,6,11-18,21H2,1-4H3,(H,34,42)(H,35,39,40). The van der Waals surface area contributed by atoms with Gasteiger partial charge in [0, 0.05) is 56.9 Å². The average molecular weight is 606 g/mol. The molecule has 5 rings (SSSR count). The first kappa shape index (κ1) is 31.3. The lowest BCUT2D eigenvalue weighted by Crippen LogP contribution is -2.52. The third-order valence-electron chi connectivity index (χ3n) is 8.22. The number of carbonyl (C=O) groups excluding carboxylic acids is 4. The summed E-state index contributed by atoms with van der Waals surface area (Å²) in [5.74, 6) is -0.0431. The Balaban J connectivity index is 1.04. The molecule has 2 N–H and O–H groups in total. The van der Waals surface area contributed by atoms with Crippen molar-refractivity contribution in [3.8, 4) is 5.75 Å². The van der Waals surface area contributed by atoms with Gasteiger partial charge in [-0.2, -0.15) is 0 Å². The van der Waals surface area contributed by atoms with Crippen molar-refractivity contribution in [2.24, 2.45) is 0 Å². The van der Waals surface area contributed by atoms with E-state index in [1.165, 1.54) is 0 Å². The zero-order chi connectivity index (χ0) is 31.4. The molecule has 2 fully saturated rings. The van der Waals surface area contributed by atoms with E-state index in [4.69, 9.17) is 9.47 Å². The maximum atomic E-state index is 13.0. The van der Waals surface area contributed by atoms with Gasteiger partial charge in [0.2, 0.25) is 11.8 Å². The molecule has 3 aliphatic rings. The molecular weight excluding hydrogens is 562 g/mol. The predicted octanol–water partition coefficient (Wildman–Crippen LogP) is 3.62. The first-order chi connectivity index (χ1) is 21.0. The fraction of sp³-hybridized carbons (Fsp3) is 0.515. The van der Waals surface area contributed by atoms with E-state index in [0.717, 1.165) is 61.7 Å². The molecule has 0 saturated carbocycles. The minimum atomic E-state index is -0.600. The lowest BCUT2D eigenvalue weighted by molar-refractivity contribution is -0.136. The summed E-state index contributed by atoms with van der Waals surface area (Å²) >= 11 is 0. The van der Waals surface area contributed by atoms with Crippen molar-refractivity contribution < 1.29 is 28.7 Å². The first-order valence-corrected chi connectivity index (χ1v) is 15.4. The maximum Gasteiger partial charge on any atom is 0.408 e. The van der Waals surface area contributed by atoms with E-state index in [-0.39, 0.29) is 30.2 Å². The Kier molecular flexibility index (Phi) is 9.43. The molecule has 2 saturated heterocycles. The van der Waals surface area contributed by atoms with Crippen molar-refractivity contribution in [2.75, 3.05) is 44.2 Å². The highest BCUT2D eigenvalue weighted by Crippen LogP contribution is 2.31. The fourth-order valence-electron chi connectivity index (χ4n) is 5.91. The van der Waals surface area contributed by atoms with E-state index < -0.39 is 17.7 Å². The summed E-state index contributed by atoms with van der Waals surface area (Å²) in [7, 11) is 0. The van der Waals surface area contributed by atoms with Crippen molar-refractivity contribution in [3.05, 3.63) is 59.2 Å². The van der Waals surface area contributed by atoms with Gasteiger partial charge in [-0.1, -0.05) is 12.1 Å². The number of benzene rings is 2. The zero-order valence-corrected chi connectivity index (χ0v) is 26.1. The van der Waals surface area contributed by atoms with E-state index in [0.29, 0.717) is 25.1 Å². The number of fused-ring (bicyclic) bond motifs is 1. The number of amides is 4. The van der Waals surface area contributed by atoms with Gasteiger partial charge < -0.3 is 24.6 Å². The second-order valence-corrected chi connectivity index (χ2v) is 12.7. The zero-order valence-electron chi connectivity index (χ0n) is 26.1. The topological polar surface area (TPSA) is 121 Å². The number of rotatable bonds is 9. The minimum Gasteiger partial charge on any atom is -0.494 e. The Labute approximate surface area is 258 Å². The van der Waals surface area contributed by atoms with Crippen LogP contribution in [0.5, 0.6) is 5.75 Å². The molecule has 4 amide bonds. The highest BCUT2D eigenvalue weighted by atomic mass is 16.6. The maximum absolute atomic E-state index is 13.0. The Morgan fingerprint density at radius 2 is 1.84 bits per heavy atom. The molecule has 2 aromatic rings. The number of piperazine rings is 1. The minimum absolute atomic E-state index is 0.146. The molecule has 0 aliphatic carbocycles. The SMILES string of the molecule is CC(NC(=O)OC(C)(C)C)c1cccc(OCCCN2CCN(c3ccc4c(c3)CN(C3CCC(=O)NC3=O)C4=O)CC2)c1. The fourth-order valence-corrected chi connectivity index (χ4v) is 5.91. The smallest absolute Gasteiger partial charge is 0.408 e. The molecular formula is C33H43N5O6. The number of hydrogen-bond acceptors (Lipinski definition) is 8. The number of nitrogens with one attached hydrogen (secondary N) is 2. The van der Waals surface area contributed by atoms with Gasteiger partial charge in [0.1, 0.15) is 17.4 Å². The van der Waals surface area contributed by atoms with Crippen LogP contribution in [0.3, 0.4) is 0 Å². The van der Waals surface area contributed by atoms with Crippen molar-refractivity contribution in [1.29, 1.82) is 0 Å². The summed E-state index contributed by atoms with van der Waals surface area (Å²) in [6, 6.07) is 12.9. The molecule has 2 unspecified atom stereocenters. The van der Waals surface area contributed by atoms with E-state index in [2.05, 4.69) is 26.5 Å². The third-order valence-corrected chi connectivity index (χ3v) is 8.22. The first-order valence-electron chi connectivity index (χ1n) is 15.4. The number of nitrogens with zero attached hydrogens (tertiary/aromatic N) is 3. The van der Waals surface area contributed by atoms with Gasteiger partial charge in [0.25, 0.3) is 5.91 Å². The van der Waals surface area contributed by atoms with Crippen LogP contribution in [-0.4, -0.2) is 84.6 Å². The van der Waals surface area contributed by atoms with Gasteiger partial charge in [-0.25, -0.2) is 4.79 Å². The molecule has 44 heavy (non-hydrogen) atoms. The summed E-state index contributed by atoms with van der Waals surface area (Å²) in [4.78, 5) is 55.4. The third kappa shape index (κ3) is 7.68. The predicted molar refractivity (Wildman–Crippen MR) is 165 cm³/mol. The van der Waals surface area contributed by atoms with Crippen LogP contribution in [0, 0.1) is 0 Å². The van der Waals surface area contributed by atoms with Crippen LogP contribution in [0.4, 0.5) is 10.5 Å². The number of carbonyl (C=O) groups is 4. The van der Waals surface area contributed by atoms with Gasteiger partial charge in [-0.15, -0.1) is 0 Å². The molecule has 0 spiro atoms. The Morgan fingerprint density at radius 3 is 2.57 bits per heavy atom. The summed E-state index contributed by atoms with van der Waals surface area (Å²) in [6.07, 6.45) is 1.06. The monoisotopic (exact) mass is 605 g/mol. The van der Waals surface area contributed by atoms with Crippen LogP contribution < -0.4 is 20.3 Å².